The van der Waals surface area contributed by atoms with Crippen molar-refractivity contribution in [2.45, 2.75) is 19.3 Å². The molecule has 5 heteroatoms. The molecule has 0 unspecified atom stereocenters. The first-order chi connectivity index (χ1) is 8.61. The molecule has 1 aromatic carbocycles. The summed E-state index contributed by atoms with van der Waals surface area (Å²) in [6.07, 6.45) is 1.61. The van der Waals surface area contributed by atoms with Crippen LogP contribution in [0.4, 0.5) is 8.78 Å². The van der Waals surface area contributed by atoms with Gasteiger partial charge in [0.25, 0.3) is 0 Å². The number of ether oxygens (including phenoxy) is 1. The molecule has 0 radical (unpaired) electrons. The maximum atomic E-state index is 12.9. The lowest BCUT2D eigenvalue weighted by Gasteiger charge is -2.05. The number of carbonyl (C=O) groups is 1. The van der Waals surface area contributed by atoms with Crippen molar-refractivity contribution in [3.63, 3.8) is 0 Å². The van der Waals surface area contributed by atoms with Crippen molar-refractivity contribution in [1.82, 2.24) is 5.32 Å². The number of hydrogen-bond acceptors (Lipinski definition) is 3. The van der Waals surface area contributed by atoms with Gasteiger partial charge < -0.3 is 10.1 Å². The lowest BCUT2D eigenvalue weighted by molar-refractivity contribution is -0.140. The van der Waals surface area contributed by atoms with Gasteiger partial charge in [-0.2, -0.15) is 0 Å². The minimum absolute atomic E-state index is 0.232. The zero-order chi connectivity index (χ0) is 13.4. The van der Waals surface area contributed by atoms with E-state index in [0.717, 1.165) is 6.07 Å². The smallest absolute Gasteiger partial charge is 0.305 e. The zero-order valence-electron chi connectivity index (χ0n) is 10.3. The molecule has 0 aliphatic heterocycles. The SMILES string of the molecule is COC(=O)CCCNCCc1cc(F)cc(F)c1. The van der Waals surface area contributed by atoms with E-state index >= 15 is 0 Å². The minimum Gasteiger partial charge on any atom is -0.469 e. The third kappa shape index (κ3) is 5.72. The molecule has 0 fully saturated rings. The monoisotopic (exact) mass is 257 g/mol. The highest BCUT2D eigenvalue weighted by atomic mass is 19.1. The Morgan fingerprint density at radius 3 is 2.50 bits per heavy atom. The number of nitrogens with one attached hydrogen (secondary N) is 1. The normalized spacial score (nSPS) is 10.4. The summed E-state index contributed by atoms with van der Waals surface area (Å²) in [7, 11) is 1.36. The van der Waals surface area contributed by atoms with E-state index in [1.54, 1.807) is 0 Å². The van der Waals surface area contributed by atoms with E-state index < -0.39 is 11.6 Å². The van der Waals surface area contributed by atoms with Gasteiger partial charge in [0, 0.05) is 12.5 Å². The van der Waals surface area contributed by atoms with Gasteiger partial charge in [0.2, 0.25) is 0 Å². The van der Waals surface area contributed by atoms with E-state index in [4.69, 9.17) is 0 Å². The summed E-state index contributed by atoms with van der Waals surface area (Å²) < 4.78 is 30.3. The summed E-state index contributed by atoms with van der Waals surface area (Å²) in [6, 6.07) is 3.49. The Morgan fingerprint density at radius 1 is 1.22 bits per heavy atom. The number of rotatable bonds is 7. The molecule has 0 aliphatic rings. The number of halogens is 2. The van der Waals surface area contributed by atoms with Crippen LogP contribution >= 0.6 is 0 Å². The van der Waals surface area contributed by atoms with Crippen LogP contribution in [0.15, 0.2) is 18.2 Å². The molecule has 0 heterocycles. The van der Waals surface area contributed by atoms with Gasteiger partial charge in [-0.25, -0.2) is 8.78 Å². The molecule has 0 spiro atoms. The molecule has 1 aromatic rings. The van der Waals surface area contributed by atoms with Gasteiger partial charge >= 0.3 is 5.97 Å². The second-order valence-electron chi connectivity index (χ2n) is 3.96. The van der Waals surface area contributed by atoms with Crippen molar-refractivity contribution >= 4 is 5.97 Å². The van der Waals surface area contributed by atoms with Gasteiger partial charge in [-0.15, -0.1) is 0 Å². The molecule has 0 amide bonds. The highest BCUT2D eigenvalue weighted by Gasteiger charge is 2.01. The van der Waals surface area contributed by atoms with Crippen LogP contribution in [-0.4, -0.2) is 26.2 Å². The predicted octanol–water partition coefficient (Wildman–Crippen LogP) is 2.05. The average Bonchev–Trinajstić information content (AvgIpc) is 2.32. The Kier molecular flexibility index (Phi) is 6.28. The van der Waals surface area contributed by atoms with Gasteiger partial charge in [-0.1, -0.05) is 0 Å². The molecule has 0 saturated carbocycles. The fourth-order valence-corrected chi connectivity index (χ4v) is 1.57. The average molecular weight is 257 g/mol. The van der Waals surface area contributed by atoms with Crippen LogP contribution in [-0.2, 0) is 16.0 Å². The Bertz CT molecular complexity index is 376. The lowest BCUT2D eigenvalue weighted by Crippen LogP contribution is -2.19. The summed E-state index contributed by atoms with van der Waals surface area (Å²) in [6.45, 7) is 1.29. The second-order valence-corrected chi connectivity index (χ2v) is 3.96. The van der Waals surface area contributed by atoms with Crippen molar-refractivity contribution in [3.05, 3.63) is 35.4 Å². The number of benzene rings is 1. The topological polar surface area (TPSA) is 38.3 Å². The van der Waals surface area contributed by atoms with Gasteiger partial charge in [0.05, 0.1) is 7.11 Å². The Hall–Kier alpha value is -1.49. The van der Waals surface area contributed by atoms with Crippen LogP contribution in [0.5, 0.6) is 0 Å². The summed E-state index contributed by atoms with van der Waals surface area (Å²) >= 11 is 0. The third-order valence-electron chi connectivity index (χ3n) is 2.47. The van der Waals surface area contributed by atoms with Crippen LogP contribution in [0.3, 0.4) is 0 Å². The largest absolute Gasteiger partial charge is 0.469 e. The molecule has 0 saturated heterocycles. The van der Waals surface area contributed by atoms with E-state index in [1.165, 1.54) is 19.2 Å². The first kappa shape index (κ1) is 14.6. The lowest BCUT2D eigenvalue weighted by atomic mass is 10.1. The first-order valence-electron chi connectivity index (χ1n) is 5.84. The van der Waals surface area contributed by atoms with Gasteiger partial charge in [-0.3, -0.25) is 4.79 Å². The number of esters is 1. The first-order valence-corrected chi connectivity index (χ1v) is 5.84. The summed E-state index contributed by atoms with van der Waals surface area (Å²) in [5, 5.41) is 3.10. The molecule has 1 N–H and O–H groups in total. The summed E-state index contributed by atoms with van der Waals surface area (Å²) in [5.74, 6) is -1.35. The molecular formula is C13H17F2NO2. The number of methoxy groups -OCH3 is 1. The van der Waals surface area contributed by atoms with Crippen LogP contribution in [0.25, 0.3) is 0 Å². The molecule has 0 aromatic heterocycles. The van der Waals surface area contributed by atoms with Crippen molar-refractivity contribution in [3.8, 4) is 0 Å². The van der Waals surface area contributed by atoms with E-state index in [-0.39, 0.29) is 5.97 Å². The van der Waals surface area contributed by atoms with Crippen LogP contribution in [0.1, 0.15) is 18.4 Å². The van der Waals surface area contributed by atoms with Crippen LogP contribution < -0.4 is 5.32 Å². The maximum Gasteiger partial charge on any atom is 0.305 e. The molecule has 0 atom stereocenters. The van der Waals surface area contributed by atoms with Crippen molar-refractivity contribution < 1.29 is 18.3 Å². The molecule has 18 heavy (non-hydrogen) atoms. The number of hydrogen-bond donors (Lipinski definition) is 1. The van der Waals surface area contributed by atoms with Crippen LogP contribution in [0.2, 0.25) is 0 Å². The molecule has 100 valence electrons. The van der Waals surface area contributed by atoms with Gasteiger partial charge in [0.1, 0.15) is 11.6 Å². The highest BCUT2D eigenvalue weighted by Crippen LogP contribution is 2.08. The van der Waals surface area contributed by atoms with E-state index in [0.29, 0.717) is 37.9 Å². The van der Waals surface area contributed by atoms with Gasteiger partial charge in [-0.05, 0) is 43.6 Å². The fourth-order valence-electron chi connectivity index (χ4n) is 1.57. The van der Waals surface area contributed by atoms with E-state index in [9.17, 15) is 13.6 Å². The van der Waals surface area contributed by atoms with Crippen LogP contribution in [0, 0.1) is 11.6 Å². The molecular weight excluding hydrogens is 240 g/mol. The molecule has 0 aliphatic carbocycles. The van der Waals surface area contributed by atoms with Crippen molar-refractivity contribution in [1.29, 1.82) is 0 Å². The number of carbonyl (C=O) groups excluding carboxylic acids is 1. The fraction of sp³-hybridized carbons (Fsp3) is 0.462. The minimum atomic E-state index is -0.560. The highest BCUT2D eigenvalue weighted by molar-refractivity contribution is 5.69. The molecule has 0 bridgehead atoms. The predicted molar refractivity (Wildman–Crippen MR) is 64.2 cm³/mol. The van der Waals surface area contributed by atoms with E-state index in [1.807, 2.05) is 0 Å². The Balaban J connectivity index is 2.16. The van der Waals surface area contributed by atoms with Gasteiger partial charge in [0.15, 0.2) is 0 Å². The third-order valence-corrected chi connectivity index (χ3v) is 2.47. The standard InChI is InChI=1S/C13H17F2NO2/c1-18-13(17)3-2-5-16-6-4-10-7-11(14)9-12(15)8-10/h7-9,16H,2-6H2,1H3. The maximum absolute atomic E-state index is 12.9. The molecule has 1 rings (SSSR count). The molecule has 3 nitrogen and oxygen atoms in total. The van der Waals surface area contributed by atoms with Crippen molar-refractivity contribution in [2.75, 3.05) is 20.2 Å². The van der Waals surface area contributed by atoms with Crippen molar-refractivity contribution in [2.24, 2.45) is 0 Å². The second kappa shape index (κ2) is 7.76. The summed E-state index contributed by atoms with van der Waals surface area (Å²) in [4.78, 5) is 10.8. The zero-order valence-corrected chi connectivity index (χ0v) is 10.3. The van der Waals surface area contributed by atoms with E-state index in [2.05, 4.69) is 10.1 Å². The Labute approximate surface area is 105 Å². The Morgan fingerprint density at radius 2 is 1.89 bits per heavy atom. The summed E-state index contributed by atoms with van der Waals surface area (Å²) in [5.41, 5.74) is 0.618. The quantitative estimate of drug-likeness (QED) is 0.600.